The van der Waals surface area contributed by atoms with Crippen LogP contribution in [0.4, 0.5) is 0 Å². The minimum Gasteiger partial charge on any atom is -0.381 e. The van der Waals surface area contributed by atoms with Crippen molar-refractivity contribution in [3.63, 3.8) is 0 Å². The molecule has 6 heteroatoms. The van der Waals surface area contributed by atoms with Gasteiger partial charge in [0.05, 0.1) is 5.25 Å². The SMILES string of the molecule is NCC1CCCCCN1S(=O)(=O)C1CCOCC1. The molecular formula is C12H24N2O3S. The largest absolute Gasteiger partial charge is 0.381 e. The monoisotopic (exact) mass is 276 g/mol. The third kappa shape index (κ3) is 3.04. The molecule has 0 saturated carbocycles. The maximum absolute atomic E-state index is 12.7. The Morgan fingerprint density at radius 1 is 1.11 bits per heavy atom. The van der Waals surface area contributed by atoms with Gasteiger partial charge in [-0.1, -0.05) is 12.8 Å². The Bertz CT molecular complexity index is 352. The van der Waals surface area contributed by atoms with Gasteiger partial charge in [-0.2, -0.15) is 4.31 Å². The first-order valence-corrected chi connectivity index (χ1v) is 8.45. The lowest BCUT2D eigenvalue weighted by Crippen LogP contribution is -2.49. The molecule has 0 amide bonds. The summed E-state index contributed by atoms with van der Waals surface area (Å²) >= 11 is 0. The van der Waals surface area contributed by atoms with Crippen molar-refractivity contribution in [1.29, 1.82) is 0 Å². The molecule has 0 aliphatic carbocycles. The fraction of sp³-hybridized carbons (Fsp3) is 1.00. The molecule has 1 unspecified atom stereocenters. The zero-order valence-corrected chi connectivity index (χ0v) is 11.7. The lowest BCUT2D eigenvalue weighted by atomic mass is 10.1. The molecule has 2 aliphatic rings. The number of hydrogen-bond donors (Lipinski definition) is 1. The predicted octanol–water partition coefficient (Wildman–Crippen LogP) is 0.698. The molecule has 0 spiro atoms. The van der Waals surface area contributed by atoms with Crippen molar-refractivity contribution in [2.75, 3.05) is 26.3 Å². The maximum atomic E-state index is 12.7. The number of nitrogens with zero attached hydrogens (tertiary/aromatic N) is 1. The Morgan fingerprint density at radius 2 is 1.83 bits per heavy atom. The summed E-state index contributed by atoms with van der Waals surface area (Å²) in [4.78, 5) is 0. The van der Waals surface area contributed by atoms with E-state index in [1.807, 2.05) is 0 Å². The Morgan fingerprint density at radius 3 is 2.50 bits per heavy atom. The summed E-state index contributed by atoms with van der Waals surface area (Å²) in [6.45, 7) is 2.19. The van der Waals surface area contributed by atoms with Gasteiger partial charge in [0.15, 0.2) is 0 Å². The van der Waals surface area contributed by atoms with Crippen molar-refractivity contribution in [2.45, 2.75) is 49.8 Å². The van der Waals surface area contributed by atoms with Crippen LogP contribution >= 0.6 is 0 Å². The highest BCUT2D eigenvalue weighted by molar-refractivity contribution is 7.89. The molecule has 1 atom stereocenters. The summed E-state index contributed by atoms with van der Waals surface area (Å²) in [6, 6.07) is 0.000319. The fourth-order valence-electron chi connectivity index (χ4n) is 2.89. The highest BCUT2D eigenvalue weighted by Gasteiger charge is 2.37. The summed E-state index contributed by atoms with van der Waals surface area (Å²) in [7, 11) is -3.20. The summed E-state index contributed by atoms with van der Waals surface area (Å²) in [5.74, 6) is 0. The van der Waals surface area contributed by atoms with Gasteiger partial charge in [-0.25, -0.2) is 8.42 Å². The van der Waals surface area contributed by atoms with Crippen molar-refractivity contribution in [2.24, 2.45) is 5.73 Å². The number of hydrogen-bond acceptors (Lipinski definition) is 4. The zero-order valence-electron chi connectivity index (χ0n) is 10.9. The van der Waals surface area contributed by atoms with E-state index in [0.717, 1.165) is 25.7 Å². The van der Waals surface area contributed by atoms with Gasteiger partial charge in [-0.15, -0.1) is 0 Å². The first-order valence-electron chi connectivity index (χ1n) is 6.94. The third-order valence-electron chi connectivity index (χ3n) is 4.01. The van der Waals surface area contributed by atoms with E-state index in [9.17, 15) is 8.42 Å². The lowest BCUT2D eigenvalue weighted by Gasteiger charge is -2.33. The van der Waals surface area contributed by atoms with Gasteiger partial charge in [0.2, 0.25) is 10.0 Å². The van der Waals surface area contributed by atoms with E-state index in [4.69, 9.17) is 10.5 Å². The van der Waals surface area contributed by atoms with Crippen LogP contribution in [0.15, 0.2) is 0 Å². The molecular weight excluding hydrogens is 252 g/mol. The van der Waals surface area contributed by atoms with Gasteiger partial charge >= 0.3 is 0 Å². The number of nitrogens with two attached hydrogens (primary N) is 1. The second-order valence-corrected chi connectivity index (χ2v) is 7.37. The topological polar surface area (TPSA) is 72.6 Å². The molecule has 0 bridgehead atoms. The van der Waals surface area contributed by atoms with E-state index in [0.29, 0.717) is 39.1 Å². The van der Waals surface area contributed by atoms with Gasteiger partial charge < -0.3 is 10.5 Å². The van der Waals surface area contributed by atoms with Crippen LogP contribution in [0.25, 0.3) is 0 Å². The molecule has 2 fully saturated rings. The van der Waals surface area contributed by atoms with Crippen LogP contribution in [0.2, 0.25) is 0 Å². The second-order valence-electron chi connectivity index (χ2n) is 5.21. The van der Waals surface area contributed by atoms with Crippen molar-refractivity contribution >= 4 is 10.0 Å². The molecule has 2 rings (SSSR count). The van der Waals surface area contributed by atoms with Crippen LogP contribution < -0.4 is 5.73 Å². The van der Waals surface area contributed by atoms with Crippen LogP contribution in [-0.2, 0) is 14.8 Å². The van der Waals surface area contributed by atoms with Gasteiger partial charge in [0.25, 0.3) is 0 Å². The number of sulfonamides is 1. The number of ether oxygens (including phenoxy) is 1. The Labute approximate surface area is 110 Å². The van der Waals surface area contributed by atoms with E-state index >= 15 is 0 Å². The molecule has 2 saturated heterocycles. The predicted molar refractivity (Wildman–Crippen MR) is 70.8 cm³/mol. The van der Waals surface area contributed by atoms with Gasteiger partial charge in [0, 0.05) is 32.3 Å². The lowest BCUT2D eigenvalue weighted by molar-refractivity contribution is 0.0968. The first kappa shape index (κ1) is 14.2. The van der Waals surface area contributed by atoms with Crippen LogP contribution in [-0.4, -0.2) is 50.3 Å². The van der Waals surface area contributed by atoms with Gasteiger partial charge in [0.1, 0.15) is 0 Å². The average molecular weight is 276 g/mol. The van der Waals surface area contributed by atoms with E-state index in [2.05, 4.69) is 0 Å². The molecule has 0 aromatic rings. The van der Waals surface area contributed by atoms with E-state index < -0.39 is 10.0 Å². The van der Waals surface area contributed by atoms with E-state index in [1.165, 1.54) is 0 Å². The van der Waals surface area contributed by atoms with Crippen molar-refractivity contribution in [3.8, 4) is 0 Å². The first-order chi connectivity index (χ1) is 8.66. The molecule has 5 nitrogen and oxygen atoms in total. The summed E-state index contributed by atoms with van der Waals surface area (Å²) in [6.07, 6.45) is 5.29. The van der Waals surface area contributed by atoms with Crippen molar-refractivity contribution < 1.29 is 13.2 Å². The van der Waals surface area contributed by atoms with Crippen LogP contribution in [0, 0.1) is 0 Å². The van der Waals surface area contributed by atoms with E-state index in [1.54, 1.807) is 4.31 Å². The maximum Gasteiger partial charge on any atom is 0.217 e. The molecule has 2 aliphatic heterocycles. The van der Waals surface area contributed by atoms with Crippen molar-refractivity contribution in [3.05, 3.63) is 0 Å². The smallest absolute Gasteiger partial charge is 0.217 e. The van der Waals surface area contributed by atoms with E-state index in [-0.39, 0.29) is 11.3 Å². The summed E-state index contributed by atoms with van der Waals surface area (Å²) < 4.78 is 32.3. The molecule has 0 aromatic carbocycles. The molecule has 2 heterocycles. The summed E-state index contributed by atoms with van der Waals surface area (Å²) in [5, 5.41) is -0.265. The van der Waals surface area contributed by atoms with Crippen LogP contribution in [0.3, 0.4) is 0 Å². The Balaban J connectivity index is 2.14. The molecule has 106 valence electrons. The van der Waals surface area contributed by atoms with Crippen LogP contribution in [0.1, 0.15) is 38.5 Å². The quantitative estimate of drug-likeness (QED) is 0.823. The molecule has 2 N–H and O–H groups in total. The number of rotatable bonds is 3. The second kappa shape index (κ2) is 6.32. The Kier molecular flexibility index (Phi) is 5.00. The van der Waals surface area contributed by atoms with Gasteiger partial charge in [-0.3, -0.25) is 0 Å². The minimum absolute atomic E-state index is 0.000319. The Hall–Kier alpha value is -0.170. The third-order valence-corrected chi connectivity index (χ3v) is 6.46. The molecule has 18 heavy (non-hydrogen) atoms. The van der Waals surface area contributed by atoms with Gasteiger partial charge in [-0.05, 0) is 25.7 Å². The standard InChI is InChI=1S/C12H24N2O3S/c13-10-11-4-2-1-3-7-14(11)18(15,16)12-5-8-17-9-6-12/h11-12H,1-10,13H2. The molecule has 0 aromatic heterocycles. The average Bonchev–Trinajstić information content (AvgIpc) is 2.65. The zero-order chi connectivity index (χ0) is 13.0. The molecule has 0 radical (unpaired) electrons. The summed E-state index contributed by atoms with van der Waals surface area (Å²) in [5.41, 5.74) is 5.76. The van der Waals surface area contributed by atoms with Crippen molar-refractivity contribution in [1.82, 2.24) is 4.31 Å². The normalized spacial score (nSPS) is 29.1. The van der Waals surface area contributed by atoms with Crippen LogP contribution in [0.5, 0.6) is 0 Å². The highest BCUT2D eigenvalue weighted by Crippen LogP contribution is 2.25. The fourth-order valence-corrected chi connectivity index (χ4v) is 5.05. The minimum atomic E-state index is -3.20. The highest BCUT2D eigenvalue weighted by atomic mass is 32.2.